The smallest absolute Gasteiger partial charge is 0.256 e. The van der Waals surface area contributed by atoms with Gasteiger partial charge in [-0.05, 0) is 43.7 Å². The maximum absolute atomic E-state index is 12.9. The van der Waals surface area contributed by atoms with Gasteiger partial charge in [-0.2, -0.15) is 0 Å². The van der Waals surface area contributed by atoms with Crippen LogP contribution in [-0.4, -0.2) is 79.0 Å². The van der Waals surface area contributed by atoms with Gasteiger partial charge in [0.25, 0.3) is 11.8 Å². The molecule has 4 N–H and O–H groups in total. The van der Waals surface area contributed by atoms with Gasteiger partial charge in [0, 0.05) is 53.3 Å². The molecule has 3 heterocycles. The Labute approximate surface area is 206 Å². The molecule has 1 atom stereocenters. The fourth-order valence-electron chi connectivity index (χ4n) is 4.30. The number of carbonyl (C=O) groups excluding carboxylic acids is 2. The van der Waals surface area contributed by atoms with Gasteiger partial charge >= 0.3 is 0 Å². The molecule has 2 aliphatic heterocycles. The van der Waals surface area contributed by atoms with E-state index in [1.807, 2.05) is 30.0 Å². The Kier molecular flexibility index (Phi) is 6.99. The van der Waals surface area contributed by atoms with Gasteiger partial charge in [-0.1, -0.05) is 15.9 Å². The lowest BCUT2D eigenvalue weighted by Crippen LogP contribution is -2.46. The van der Waals surface area contributed by atoms with Crippen LogP contribution >= 0.6 is 15.9 Å². The van der Waals surface area contributed by atoms with Crippen LogP contribution in [0, 0.1) is 13.8 Å². The molecule has 11 heteroatoms. The van der Waals surface area contributed by atoms with E-state index in [2.05, 4.69) is 31.5 Å². The zero-order chi connectivity index (χ0) is 24.6. The molecule has 2 aliphatic rings. The zero-order valence-corrected chi connectivity index (χ0v) is 21.3. The van der Waals surface area contributed by atoms with Crippen molar-refractivity contribution in [2.24, 2.45) is 0 Å². The normalized spacial score (nSPS) is 19.6. The maximum Gasteiger partial charge on any atom is 0.256 e. The minimum absolute atomic E-state index is 0.0480. The van der Waals surface area contributed by atoms with Crippen molar-refractivity contribution in [3.8, 4) is 0 Å². The monoisotopic (exact) mass is 550 g/mol. The average molecular weight is 551 g/mol. The number of aryl methyl sites for hydroxylation is 1. The highest BCUT2D eigenvalue weighted by Crippen LogP contribution is 2.35. The summed E-state index contributed by atoms with van der Waals surface area (Å²) in [5, 5.41) is 15.9. The van der Waals surface area contributed by atoms with E-state index in [0.717, 1.165) is 15.7 Å². The predicted molar refractivity (Wildman–Crippen MR) is 134 cm³/mol. The molecule has 2 aromatic rings. The third-order valence-corrected chi connectivity index (χ3v) is 8.26. The highest BCUT2D eigenvalue weighted by Gasteiger charge is 2.26. The lowest BCUT2D eigenvalue weighted by Gasteiger charge is -2.28. The van der Waals surface area contributed by atoms with Crippen molar-refractivity contribution in [3.05, 3.63) is 50.8 Å². The average Bonchev–Trinajstić information content (AvgIpc) is 3.23. The minimum Gasteiger partial charge on any atom is -0.390 e. The molecule has 34 heavy (non-hydrogen) atoms. The lowest BCUT2D eigenvalue weighted by atomic mass is 10.0. The molecule has 0 saturated carbocycles. The van der Waals surface area contributed by atoms with Crippen LogP contribution < -0.4 is 10.6 Å². The number of H-pyrrole nitrogens is 1. The van der Waals surface area contributed by atoms with Crippen molar-refractivity contribution >= 4 is 54.9 Å². The van der Waals surface area contributed by atoms with E-state index >= 15 is 0 Å². The van der Waals surface area contributed by atoms with E-state index in [4.69, 9.17) is 0 Å². The fourth-order valence-corrected chi connectivity index (χ4v) is 5.94. The van der Waals surface area contributed by atoms with Crippen LogP contribution in [0.2, 0.25) is 0 Å². The second kappa shape index (κ2) is 9.65. The van der Waals surface area contributed by atoms with Crippen LogP contribution in [0.4, 0.5) is 5.69 Å². The Morgan fingerprint density at radius 3 is 2.71 bits per heavy atom. The second-order valence-electron chi connectivity index (χ2n) is 8.68. The van der Waals surface area contributed by atoms with Gasteiger partial charge in [-0.3, -0.25) is 14.5 Å². The number of aliphatic hydroxyl groups excluding tert-OH is 1. The topological polar surface area (TPSA) is 132 Å². The van der Waals surface area contributed by atoms with Crippen LogP contribution in [-0.2, 0) is 14.6 Å². The third kappa shape index (κ3) is 5.27. The number of nitrogens with one attached hydrogen (secondary N) is 3. The van der Waals surface area contributed by atoms with Gasteiger partial charge in [0.15, 0.2) is 9.84 Å². The molecule has 9 nitrogen and oxygen atoms in total. The van der Waals surface area contributed by atoms with Gasteiger partial charge in [-0.25, -0.2) is 8.42 Å². The first kappa shape index (κ1) is 24.6. The quantitative estimate of drug-likeness (QED) is 0.405. The summed E-state index contributed by atoms with van der Waals surface area (Å²) in [4.78, 5) is 30.5. The Balaban J connectivity index is 1.44. The summed E-state index contributed by atoms with van der Waals surface area (Å²) < 4.78 is 23.9. The molecule has 1 saturated heterocycles. The number of hydrogen-bond donors (Lipinski definition) is 4. The van der Waals surface area contributed by atoms with E-state index in [9.17, 15) is 23.1 Å². The number of aromatic amines is 1. The summed E-state index contributed by atoms with van der Waals surface area (Å²) in [6, 6.07) is 5.56. The van der Waals surface area contributed by atoms with E-state index in [-0.39, 0.29) is 29.9 Å². The molecule has 1 aromatic carbocycles. The summed E-state index contributed by atoms with van der Waals surface area (Å²) in [6.07, 6.45) is 0.925. The molecular weight excluding hydrogens is 524 g/mol. The number of sulfone groups is 1. The van der Waals surface area contributed by atoms with Crippen molar-refractivity contribution in [1.82, 2.24) is 15.2 Å². The molecule has 0 aliphatic carbocycles. The van der Waals surface area contributed by atoms with Crippen LogP contribution in [0.1, 0.15) is 32.9 Å². The van der Waals surface area contributed by atoms with Gasteiger partial charge in [-0.15, -0.1) is 0 Å². The summed E-state index contributed by atoms with van der Waals surface area (Å²) in [7, 11) is -2.98. The zero-order valence-electron chi connectivity index (χ0n) is 18.9. The molecular formula is C23H27BrN4O5S. The molecule has 0 radical (unpaired) electrons. The van der Waals surface area contributed by atoms with E-state index < -0.39 is 15.9 Å². The van der Waals surface area contributed by atoms with E-state index in [0.29, 0.717) is 47.7 Å². The number of rotatable bonds is 6. The van der Waals surface area contributed by atoms with Crippen molar-refractivity contribution in [3.63, 3.8) is 0 Å². The Hall–Kier alpha value is -2.47. The number of hydrogen-bond acceptors (Lipinski definition) is 6. The van der Waals surface area contributed by atoms with Crippen molar-refractivity contribution in [2.45, 2.75) is 20.0 Å². The Morgan fingerprint density at radius 2 is 2.00 bits per heavy atom. The largest absolute Gasteiger partial charge is 0.390 e. The number of halogens is 1. The number of nitrogens with zero attached hydrogens (tertiary/aromatic N) is 1. The molecule has 0 spiro atoms. The van der Waals surface area contributed by atoms with Crippen LogP contribution in [0.25, 0.3) is 11.6 Å². The minimum atomic E-state index is -2.98. The van der Waals surface area contributed by atoms with Crippen LogP contribution in [0.3, 0.4) is 0 Å². The molecule has 1 fully saturated rings. The maximum atomic E-state index is 12.9. The Bertz CT molecular complexity index is 1270. The summed E-state index contributed by atoms with van der Waals surface area (Å²) in [6.45, 7) is 4.70. The van der Waals surface area contributed by atoms with E-state index in [1.54, 1.807) is 13.0 Å². The summed E-state index contributed by atoms with van der Waals surface area (Å²) >= 11 is 3.43. The van der Waals surface area contributed by atoms with E-state index in [1.165, 1.54) is 0 Å². The van der Waals surface area contributed by atoms with Gasteiger partial charge < -0.3 is 20.7 Å². The van der Waals surface area contributed by atoms with Gasteiger partial charge in [0.2, 0.25) is 0 Å². The second-order valence-corrected chi connectivity index (χ2v) is 11.9. The lowest BCUT2D eigenvalue weighted by molar-refractivity contribution is -0.110. The molecule has 1 aromatic heterocycles. The first-order valence-corrected chi connectivity index (χ1v) is 13.6. The highest BCUT2D eigenvalue weighted by molar-refractivity contribution is 9.10. The fraction of sp³-hybridized carbons (Fsp3) is 0.391. The molecule has 0 unspecified atom stereocenters. The van der Waals surface area contributed by atoms with Crippen molar-refractivity contribution < 1.29 is 23.1 Å². The molecule has 2 amide bonds. The Morgan fingerprint density at radius 1 is 1.29 bits per heavy atom. The number of β-amino-alcohol motifs (C(OH)–C–C–N with tert-alkyl or cyclic N) is 1. The number of aromatic nitrogens is 1. The van der Waals surface area contributed by atoms with Crippen molar-refractivity contribution in [2.75, 3.05) is 43.0 Å². The molecule has 0 bridgehead atoms. The number of benzene rings is 1. The molecule has 182 valence electrons. The predicted octanol–water partition coefficient (Wildman–Crippen LogP) is 1.71. The van der Waals surface area contributed by atoms with Gasteiger partial charge in [0.1, 0.15) is 0 Å². The first-order chi connectivity index (χ1) is 16.0. The number of amides is 2. The number of aliphatic hydroxyl groups is 1. The summed E-state index contributed by atoms with van der Waals surface area (Å²) in [5.41, 5.74) is 4.52. The van der Waals surface area contributed by atoms with Crippen molar-refractivity contribution in [1.29, 1.82) is 0 Å². The standard InChI is InChI=1S/C23H27BrN4O5S/c1-13-20(10-18-17-9-15(24)3-4-19(17)27-22(18)30)26-14(2)21(13)23(31)25-11-16(29)12-28-5-7-34(32,33)8-6-28/h3-4,9-10,16,26,29H,5-8,11-12H2,1-2H3,(H,25,31)(H,27,30)/b18-10-/t16-/m0/s1. The highest BCUT2D eigenvalue weighted by atomic mass is 79.9. The van der Waals surface area contributed by atoms with Gasteiger partial charge in [0.05, 0.1) is 28.7 Å². The van der Waals surface area contributed by atoms with Crippen LogP contribution in [0.15, 0.2) is 22.7 Å². The molecule has 4 rings (SSSR count). The van der Waals surface area contributed by atoms with Crippen LogP contribution in [0.5, 0.6) is 0 Å². The number of carbonyl (C=O) groups is 2. The number of anilines is 1. The first-order valence-electron chi connectivity index (χ1n) is 11.0. The summed E-state index contributed by atoms with van der Waals surface area (Å²) in [5.74, 6) is -0.355. The SMILES string of the molecule is Cc1[nH]c(/C=C2\C(=O)Nc3ccc(Br)cc32)c(C)c1C(=O)NC[C@H](O)CN1CCS(=O)(=O)CC1. The number of fused-ring (bicyclic) bond motifs is 1. The third-order valence-electron chi connectivity index (χ3n) is 6.16.